The predicted molar refractivity (Wildman–Crippen MR) is 81.1 cm³/mol. The van der Waals surface area contributed by atoms with Crippen LogP contribution < -0.4 is 4.90 Å². The van der Waals surface area contributed by atoms with Crippen LogP contribution in [0.5, 0.6) is 0 Å². The average Bonchev–Trinajstić information content (AvgIpc) is 2.64. The Morgan fingerprint density at radius 1 is 1.29 bits per heavy atom. The highest BCUT2D eigenvalue weighted by Gasteiger charge is 2.28. The molecule has 0 saturated carbocycles. The fourth-order valence-electron chi connectivity index (χ4n) is 2.78. The average molecular weight is 282 g/mol. The van der Waals surface area contributed by atoms with E-state index in [0.29, 0.717) is 12.2 Å². The summed E-state index contributed by atoms with van der Waals surface area (Å²) in [7, 11) is 2.06. The summed E-state index contributed by atoms with van der Waals surface area (Å²) in [6, 6.07) is 8.31. The van der Waals surface area contributed by atoms with Crippen molar-refractivity contribution < 1.29 is 4.79 Å². The zero-order valence-corrected chi connectivity index (χ0v) is 12.2. The molecule has 5 nitrogen and oxygen atoms in total. The summed E-state index contributed by atoms with van der Waals surface area (Å²) in [6.07, 6.45) is 4.65. The Morgan fingerprint density at radius 2 is 2.10 bits per heavy atom. The summed E-state index contributed by atoms with van der Waals surface area (Å²) in [5, 5.41) is 0. The minimum absolute atomic E-state index is 0.0688. The molecule has 0 aliphatic carbocycles. The van der Waals surface area contributed by atoms with Gasteiger partial charge >= 0.3 is 0 Å². The van der Waals surface area contributed by atoms with E-state index in [2.05, 4.69) is 41.0 Å². The van der Waals surface area contributed by atoms with Gasteiger partial charge in [-0.15, -0.1) is 0 Å². The Kier molecular flexibility index (Phi) is 3.56. The normalized spacial score (nSPS) is 18.1. The zero-order valence-electron chi connectivity index (χ0n) is 12.2. The Hall–Kier alpha value is -2.43. The van der Waals surface area contributed by atoms with Crippen molar-refractivity contribution in [3.05, 3.63) is 54.1 Å². The molecule has 0 saturated heterocycles. The molecule has 0 bridgehead atoms. The molecule has 2 aromatic rings. The van der Waals surface area contributed by atoms with Crippen molar-refractivity contribution in [3.8, 4) is 0 Å². The van der Waals surface area contributed by atoms with Crippen LogP contribution in [0.25, 0.3) is 0 Å². The monoisotopic (exact) mass is 282 g/mol. The van der Waals surface area contributed by atoms with Crippen molar-refractivity contribution in [1.29, 1.82) is 0 Å². The highest BCUT2D eigenvalue weighted by atomic mass is 16.2. The second-order valence-corrected chi connectivity index (χ2v) is 5.38. The molecule has 0 fully saturated rings. The Bertz CT molecular complexity index is 644. The van der Waals surface area contributed by atoms with Gasteiger partial charge in [0.1, 0.15) is 5.69 Å². The number of hydrogen-bond acceptors (Lipinski definition) is 4. The first-order chi connectivity index (χ1) is 10.2. The summed E-state index contributed by atoms with van der Waals surface area (Å²) in [5.74, 6) is -0.0688. The molecule has 5 heteroatoms. The molecule has 1 aromatic heterocycles. The number of anilines is 1. The third-order valence-corrected chi connectivity index (χ3v) is 3.86. The van der Waals surface area contributed by atoms with Crippen LogP contribution in [-0.4, -0.2) is 40.4 Å². The standard InChI is InChI=1S/C16H18N4O/c1-12-10-19(2)15-6-4-3-5-13(15)11-20(12)16(21)14-9-17-7-8-18-14/h3-9,12H,10-11H2,1-2H3/t12-/m1/s1. The number of amides is 1. The minimum Gasteiger partial charge on any atom is -0.372 e. The lowest BCUT2D eigenvalue weighted by Gasteiger charge is -2.28. The summed E-state index contributed by atoms with van der Waals surface area (Å²) >= 11 is 0. The highest BCUT2D eigenvalue weighted by molar-refractivity contribution is 5.92. The molecule has 3 rings (SSSR count). The van der Waals surface area contributed by atoms with Crippen LogP contribution in [0.3, 0.4) is 0 Å². The maximum Gasteiger partial charge on any atom is 0.274 e. The van der Waals surface area contributed by atoms with Crippen molar-refractivity contribution in [2.75, 3.05) is 18.5 Å². The molecular weight excluding hydrogens is 264 g/mol. The van der Waals surface area contributed by atoms with Crippen molar-refractivity contribution in [1.82, 2.24) is 14.9 Å². The summed E-state index contributed by atoms with van der Waals surface area (Å²) in [4.78, 5) is 24.9. The number of nitrogens with zero attached hydrogens (tertiary/aromatic N) is 4. The quantitative estimate of drug-likeness (QED) is 0.802. The van der Waals surface area contributed by atoms with Gasteiger partial charge in [-0.05, 0) is 18.6 Å². The predicted octanol–water partition coefficient (Wildman–Crippen LogP) is 1.96. The zero-order chi connectivity index (χ0) is 14.8. The van der Waals surface area contributed by atoms with Gasteiger partial charge in [-0.25, -0.2) is 4.98 Å². The Balaban J connectivity index is 1.95. The van der Waals surface area contributed by atoms with E-state index >= 15 is 0 Å². The second kappa shape index (κ2) is 5.52. The van der Waals surface area contributed by atoms with Gasteiger partial charge in [0, 0.05) is 44.3 Å². The van der Waals surface area contributed by atoms with E-state index in [1.165, 1.54) is 11.9 Å². The lowest BCUT2D eigenvalue weighted by Crippen LogP contribution is -2.42. The summed E-state index contributed by atoms with van der Waals surface area (Å²) < 4.78 is 0. The van der Waals surface area contributed by atoms with Crippen molar-refractivity contribution in [3.63, 3.8) is 0 Å². The van der Waals surface area contributed by atoms with Gasteiger partial charge < -0.3 is 9.80 Å². The molecule has 1 aliphatic heterocycles. The van der Waals surface area contributed by atoms with Gasteiger partial charge in [-0.1, -0.05) is 18.2 Å². The Labute approximate surface area is 124 Å². The number of carbonyl (C=O) groups is 1. The number of benzene rings is 1. The van der Waals surface area contributed by atoms with Crippen LogP contribution in [0.2, 0.25) is 0 Å². The molecule has 0 unspecified atom stereocenters. The van der Waals surface area contributed by atoms with Crippen LogP contribution >= 0.6 is 0 Å². The van der Waals surface area contributed by atoms with Crippen molar-refractivity contribution in [2.24, 2.45) is 0 Å². The summed E-state index contributed by atoms with van der Waals surface area (Å²) in [5.41, 5.74) is 2.73. The Morgan fingerprint density at radius 3 is 2.86 bits per heavy atom. The van der Waals surface area contributed by atoms with Gasteiger partial charge in [-0.2, -0.15) is 0 Å². The number of likely N-dealkylation sites (N-methyl/N-ethyl adjacent to an activating group) is 1. The first kappa shape index (κ1) is 13.5. The van der Waals surface area contributed by atoms with Crippen LogP contribution in [0.4, 0.5) is 5.69 Å². The van der Waals surface area contributed by atoms with E-state index in [-0.39, 0.29) is 11.9 Å². The van der Waals surface area contributed by atoms with E-state index in [9.17, 15) is 4.79 Å². The first-order valence-corrected chi connectivity index (χ1v) is 7.03. The number of carbonyl (C=O) groups excluding carboxylic acids is 1. The molecule has 1 aromatic carbocycles. The molecule has 1 amide bonds. The van der Waals surface area contributed by atoms with Gasteiger partial charge in [0.05, 0.1) is 6.20 Å². The fraction of sp³-hybridized carbons (Fsp3) is 0.312. The van der Waals surface area contributed by atoms with Gasteiger partial charge in [0.2, 0.25) is 0 Å². The van der Waals surface area contributed by atoms with Gasteiger partial charge in [0.15, 0.2) is 0 Å². The molecule has 0 radical (unpaired) electrons. The van der Waals surface area contributed by atoms with Crippen molar-refractivity contribution in [2.45, 2.75) is 19.5 Å². The smallest absolute Gasteiger partial charge is 0.274 e. The van der Waals surface area contributed by atoms with E-state index in [1.54, 1.807) is 12.4 Å². The number of fused-ring (bicyclic) bond motifs is 1. The fourth-order valence-corrected chi connectivity index (χ4v) is 2.78. The lowest BCUT2D eigenvalue weighted by atomic mass is 10.1. The van der Waals surface area contributed by atoms with Gasteiger partial charge in [-0.3, -0.25) is 9.78 Å². The topological polar surface area (TPSA) is 49.3 Å². The molecule has 1 atom stereocenters. The first-order valence-electron chi connectivity index (χ1n) is 7.03. The number of rotatable bonds is 1. The van der Waals surface area contributed by atoms with Gasteiger partial charge in [0.25, 0.3) is 5.91 Å². The summed E-state index contributed by atoms with van der Waals surface area (Å²) in [6.45, 7) is 3.46. The molecule has 0 N–H and O–H groups in total. The minimum atomic E-state index is -0.0688. The van der Waals surface area contributed by atoms with E-state index in [4.69, 9.17) is 0 Å². The number of aromatic nitrogens is 2. The van der Waals surface area contributed by atoms with E-state index < -0.39 is 0 Å². The lowest BCUT2D eigenvalue weighted by molar-refractivity contribution is 0.0680. The molecule has 108 valence electrons. The van der Waals surface area contributed by atoms with E-state index in [0.717, 1.165) is 12.1 Å². The van der Waals surface area contributed by atoms with Crippen molar-refractivity contribution >= 4 is 11.6 Å². The number of para-hydroxylation sites is 1. The maximum atomic E-state index is 12.7. The largest absolute Gasteiger partial charge is 0.372 e. The second-order valence-electron chi connectivity index (χ2n) is 5.38. The van der Waals surface area contributed by atoms with Crippen LogP contribution in [0.1, 0.15) is 23.0 Å². The molecule has 2 heterocycles. The van der Waals surface area contributed by atoms with Crippen LogP contribution in [0, 0.1) is 0 Å². The third-order valence-electron chi connectivity index (χ3n) is 3.86. The maximum absolute atomic E-state index is 12.7. The molecule has 0 spiro atoms. The van der Waals surface area contributed by atoms with E-state index in [1.807, 2.05) is 17.0 Å². The highest BCUT2D eigenvalue weighted by Crippen LogP contribution is 2.26. The SMILES string of the molecule is C[C@@H]1CN(C)c2ccccc2CN1C(=O)c1cnccn1. The molecule has 21 heavy (non-hydrogen) atoms. The van der Waals surface area contributed by atoms with Crippen LogP contribution in [0.15, 0.2) is 42.9 Å². The number of hydrogen-bond donors (Lipinski definition) is 0. The van der Waals surface area contributed by atoms with Crippen LogP contribution in [-0.2, 0) is 6.54 Å². The molecule has 1 aliphatic rings. The molecular formula is C16H18N4O. The third kappa shape index (κ3) is 2.59.